The summed E-state index contributed by atoms with van der Waals surface area (Å²) in [5.74, 6) is 2.32. The minimum absolute atomic E-state index is 0.462. The predicted octanol–water partition coefficient (Wildman–Crippen LogP) is 3.23. The zero-order chi connectivity index (χ0) is 14.5. The Kier molecular flexibility index (Phi) is 5.11. The van der Waals surface area contributed by atoms with E-state index in [-0.39, 0.29) is 0 Å². The standard InChI is InChI=1S/C15H19N3OS2/c1-2-19-15-17-16-14(21-15)10-18-8-9-20-11-13(18)12-6-4-3-5-7-12/h3-7,13H,2,8-11H2,1H3. The molecule has 0 aliphatic carbocycles. The lowest BCUT2D eigenvalue weighted by Gasteiger charge is -2.35. The van der Waals surface area contributed by atoms with E-state index in [1.165, 1.54) is 11.3 Å². The van der Waals surface area contributed by atoms with Crippen LogP contribution in [0.25, 0.3) is 0 Å². The minimum atomic E-state index is 0.462. The molecule has 0 spiro atoms. The highest BCUT2D eigenvalue weighted by Crippen LogP contribution is 2.31. The first-order valence-electron chi connectivity index (χ1n) is 7.18. The van der Waals surface area contributed by atoms with Gasteiger partial charge < -0.3 is 4.74 Å². The van der Waals surface area contributed by atoms with Crippen LogP contribution >= 0.6 is 23.1 Å². The Morgan fingerprint density at radius 2 is 2.14 bits per heavy atom. The highest BCUT2D eigenvalue weighted by Gasteiger charge is 2.25. The Labute approximate surface area is 133 Å². The molecule has 1 aromatic carbocycles. The van der Waals surface area contributed by atoms with Gasteiger partial charge in [0.2, 0.25) is 0 Å². The van der Waals surface area contributed by atoms with E-state index in [4.69, 9.17) is 4.74 Å². The Bertz CT molecular complexity index is 561. The zero-order valence-electron chi connectivity index (χ0n) is 12.1. The molecule has 1 fully saturated rings. The summed E-state index contributed by atoms with van der Waals surface area (Å²) in [7, 11) is 0. The fraction of sp³-hybridized carbons (Fsp3) is 0.467. The number of ether oxygens (including phenoxy) is 1. The molecule has 6 heteroatoms. The molecule has 112 valence electrons. The van der Waals surface area contributed by atoms with Crippen LogP contribution in [0.15, 0.2) is 30.3 Å². The normalized spacial score (nSPS) is 19.6. The van der Waals surface area contributed by atoms with Crippen molar-refractivity contribution in [3.8, 4) is 5.19 Å². The Morgan fingerprint density at radius 1 is 1.29 bits per heavy atom. The summed E-state index contributed by atoms with van der Waals surface area (Å²) < 4.78 is 5.41. The van der Waals surface area contributed by atoms with Gasteiger partial charge in [0.25, 0.3) is 5.19 Å². The molecule has 1 saturated heterocycles. The van der Waals surface area contributed by atoms with E-state index in [9.17, 15) is 0 Å². The molecule has 1 unspecified atom stereocenters. The van der Waals surface area contributed by atoms with Gasteiger partial charge in [-0.1, -0.05) is 41.7 Å². The zero-order valence-corrected chi connectivity index (χ0v) is 13.7. The Morgan fingerprint density at radius 3 is 2.95 bits per heavy atom. The molecule has 4 nitrogen and oxygen atoms in total. The smallest absolute Gasteiger partial charge is 0.294 e. The van der Waals surface area contributed by atoms with E-state index in [1.54, 1.807) is 11.3 Å². The maximum absolute atomic E-state index is 5.41. The third-order valence-corrected chi connectivity index (χ3v) is 5.32. The minimum Gasteiger partial charge on any atom is -0.469 e. The van der Waals surface area contributed by atoms with Crippen molar-refractivity contribution in [2.24, 2.45) is 0 Å². The molecule has 1 aliphatic rings. The monoisotopic (exact) mass is 321 g/mol. The fourth-order valence-corrected chi connectivity index (χ4v) is 4.40. The molecule has 1 aromatic heterocycles. The van der Waals surface area contributed by atoms with Crippen LogP contribution in [-0.2, 0) is 6.54 Å². The molecule has 3 rings (SSSR count). The van der Waals surface area contributed by atoms with Crippen LogP contribution in [0.4, 0.5) is 0 Å². The van der Waals surface area contributed by atoms with Crippen molar-refractivity contribution in [1.29, 1.82) is 0 Å². The van der Waals surface area contributed by atoms with Gasteiger partial charge in [0.05, 0.1) is 13.2 Å². The van der Waals surface area contributed by atoms with Crippen molar-refractivity contribution in [1.82, 2.24) is 15.1 Å². The van der Waals surface area contributed by atoms with Crippen molar-refractivity contribution in [3.63, 3.8) is 0 Å². The number of hydrogen-bond donors (Lipinski definition) is 0. The topological polar surface area (TPSA) is 38.3 Å². The molecule has 2 aromatic rings. The average Bonchev–Trinajstić information content (AvgIpc) is 2.96. The van der Waals surface area contributed by atoms with Crippen LogP contribution < -0.4 is 4.74 Å². The number of benzene rings is 1. The molecule has 0 saturated carbocycles. The molecule has 0 bridgehead atoms. The maximum Gasteiger partial charge on any atom is 0.294 e. The molecule has 0 N–H and O–H groups in total. The van der Waals surface area contributed by atoms with Crippen molar-refractivity contribution >= 4 is 23.1 Å². The van der Waals surface area contributed by atoms with Crippen LogP contribution in [-0.4, -0.2) is 39.8 Å². The van der Waals surface area contributed by atoms with E-state index in [2.05, 4.69) is 45.4 Å². The largest absolute Gasteiger partial charge is 0.469 e. The summed E-state index contributed by atoms with van der Waals surface area (Å²) in [5.41, 5.74) is 1.39. The lowest BCUT2D eigenvalue weighted by molar-refractivity contribution is 0.211. The van der Waals surface area contributed by atoms with Crippen molar-refractivity contribution < 1.29 is 4.74 Å². The Balaban J connectivity index is 1.72. The number of thioether (sulfide) groups is 1. The highest BCUT2D eigenvalue weighted by atomic mass is 32.2. The quantitative estimate of drug-likeness (QED) is 0.845. The van der Waals surface area contributed by atoms with E-state index in [0.29, 0.717) is 17.8 Å². The third kappa shape index (κ3) is 3.75. The van der Waals surface area contributed by atoms with Crippen LogP contribution in [0, 0.1) is 0 Å². The van der Waals surface area contributed by atoms with E-state index < -0.39 is 0 Å². The molecule has 0 radical (unpaired) electrons. The molecular formula is C15H19N3OS2. The summed E-state index contributed by atoms with van der Waals surface area (Å²) in [4.78, 5) is 2.50. The van der Waals surface area contributed by atoms with Gasteiger partial charge in [0, 0.05) is 24.1 Å². The van der Waals surface area contributed by atoms with Gasteiger partial charge in [0.1, 0.15) is 5.01 Å². The number of nitrogens with zero attached hydrogens (tertiary/aromatic N) is 3. The Hall–Kier alpha value is -1.11. The van der Waals surface area contributed by atoms with E-state index in [1.807, 2.05) is 18.7 Å². The van der Waals surface area contributed by atoms with Crippen molar-refractivity contribution in [2.45, 2.75) is 19.5 Å². The molecule has 1 atom stereocenters. The molecule has 21 heavy (non-hydrogen) atoms. The van der Waals surface area contributed by atoms with Crippen molar-refractivity contribution in [2.75, 3.05) is 24.7 Å². The van der Waals surface area contributed by atoms with E-state index >= 15 is 0 Å². The van der Waals surface area contributed by atoms with Gasteiger partial charge in [-0.25, -0.2) is 0 Å². The molecule has 0 amide bonds. The maximum atomic E-state index is 5.41. The van der Waals surface area contributed by atoms with Crippen LogP contribution in [0.5, 0.6) is 5.19 Å². The van der Waals surface area contributed by atoms with Gasteiger partial charge in [-0.2, -0.15) is 11.8 Å². The van der Waals surface area contributed by atoms with Gasteiger partial charge in [-0.05, 0) is 12.5 Å². The summed E-state index contributed by atoms with van der Waals surface area (Å²) in [5, 5.41) is 10.0. The molecular weight excluding hydrogens is 302 g/mol. The van der Waals surface area contributed by atoms with Gasteiger partial charge in [-0.15, -0.1) is 10.2 Å². The number of rotatable bonds is 5. The summed E-state index contributed by atoms with van der Waals surface area (Å²) in [6.45, 7) is 4.55. The SMILES string of the molecule is CCOc1nnc(CN2CCSCC2c2ccccc2)s1. The second-order valence-corrected chi connectivity index (χ2v) is 7.04. The highest BCUT2D eigenvalue weighted by molar-refractivity contribution is 7.99. The van der Waals surface area contributed by atoms with Crippen molar-refractivity contribution in [3.05, 3.63) is 40.9 Å². The van der Waals surface area contributed by atoms with Gasteiger partial charge in [0.15, 0.2) is 0 Å². The first-order valence-corrected chi connectivity index (χ1v) is 9.16. The molecule has 2 heterocycles. The average molecular weight is 321 g/mol. The first-order chi connectivity index (χ1) is 10.4. The van der Waals surface area contributed by atoms with Crippen LogP contribution in [0.3, 0.4) is 0 Å². The predicted molar refractivity (Wildman–Crippen MR) is 88.0 cm³/mol. The van der Waals surface area contributed by atoms with Gasteiger partial charge in [-0.3, -0.25) is 4.90 Å². The lowest BCUT2D eigenvalue weighted by atomic mass is 10.1. The van der Waals surface area contributed by atoms with Crippen LogP contribution in [0.2, 0.25) is 0 Å². The van der Waals surface area contributed by atoms with Crippen LogP contribution in [0.1, 0.15) is 23.5 Å². The fourth-order valence-electron chi connectivity index (χ4n) is 2.47. The molecule has 1 aliphatic heterocycles. The summed E-state index contributed by atoms with van der Waals surface area (Å²) in [6, 6.07) is 11.2. The van der Waals surface area contributed by atoms with E-state index in [0.717, 1.165) is 23.8 Å². The number of aromatic nitrogens is 2. The summed E-state index contributed by atoms with van der Waals surface area (Å²) in [6.07, 6.45) is 0. The van der Waals surface area contributed by atoms with Gasteiger partial charge >= 0.3 is 0 Å². The number of hydrogen-bond acceptors (Lipinski definition) is 6. The second kappa shape index (κ2) is 7.24. The second-order valence-electron chi connectivity index (χ2n) is 4.87. The summed E-state index contributed by atoms with van der Waals surface area (Å²) >= 11 is 3.58. The third-order valence-electron chi connectivity index (χ3n) is 3.48. The first kappa shape index (κ1) is 14.8. The lowest BCUT2D eigenvalue weighted by Crippen LogP contribution is -2.35.